The topological polar surface area (TPSA) is 97.4 Å². The summed E-state index contributed by atoms with van der Waals surface area (Å²) in [6.45, 7) is 0. The molecule has 0 radical (unpaired) electrons. The zero-order chi connectivity index (χ0) is 15.6. The van der Waals surface area contributed by atoms with Gasteiger partial charge in [0, 0.05) is 6.07 Å². The number of aryl methyl sites for hydroxylation is 1. The summed E-state index contributed by atoms with van der Waals surface area (Å²) in [5.41, 5.74) is -0.675. The molecule has 1 aromatic heterocycles. The van der Waals surface area contributed by atoms with Gasteiger partial charge >= 0.3 is 17.2 Å². The number of nitrogens with one attached hydrogen (secondary N) is 2. The molecule has 2 aromatic rings. The first-order chi connectivity index (χ1) is 9.97. The fraction of sp³-hybridized carbons (Fsp3) is 0.250. The van der Waals surface area contributed by atoms with Crippen molar-refractivity contribution in [2.75, 3.05) is 19.5 Å². The van der Waals surface area contributed by atoms with Crippen molar-refractivity contribution in [3.8, 4) is 11.5 Å². The molecule has 0 aliphatic heterocycles. The quantitative estimate of drug-likeness (QED) is 0.810. The molecule has 1 aromatic carbocycles. The minimum absolute atomic E-state index is 0.191. The number of carbonyl (C=O) groups is 1. The maximum atomic E-state index is 12.1. The molecule has 0 fully saturated rings. The second-order valence-corrected chi connectivity index (χ2v) is 4.44. The summed E-state index contributed by atoms with van der Waals surface area (Å²) in [7, 11) is 4.37. The van der Waals surface area contributed by atoms with Crippen LogP contribution < -0.4 is 25.1 Å². The fourth-order valence-corrected chi connectivity index (χ4v) is 1.97. The van der Waals surface area contributed by atoms with E-state index in [9.17, 15) is 9.59 Å². The average Bonchev–Trinajstić information content (AvgIpc) is 2.78. The molecule has 9 heteroatoms. The highest BCUT2D eigenvalue weighted by Crippen LogP contribution is 2.35. The number of anilines is 1. The third kappa shape index (κ3) is 2.84. The van der Waals surface area contributed by atoms with Crippen LogP contribution in [0.25, 0.3) is 0 Å². The molecule has 0 saturated heterocycles. The van der Waals surface area contributed by atoms with Gasteiger partial charge in [-0.25, -0.2) is 4.79 Å². The van der Waals surface area contributed by atoms with E-state index in [4.69, 9.17) is 21.1 Å². The second kappa shape index (κ2) is 5.88. The van der Waals surface area contributed by atoms with Crippen LogP contribution in [-0.2, 0) is 7.05 Å². The van der Waals surface area contributed by atoms with E-state index in [1.54, 1.807) is 0 Å². The monoisotopic (exact) mass is 314 g/mol. The lowest BCUT2D eigenvalue weighted by molar-refractivity contribution is -0.741. The fourth-order valence-electron chi connectivity index (χ4n) is 1.73. The predicted octanol–water partition coefficient (Wildman–Crippen LogP) is 0.715. The number of aromatic amines is 1. The lowest BCUT2D eigenvalue weighted by Gasteiger charge is -2.11. The Morgan fingerprint density at radius 3 is 2.52 bits per heavy atom. The van der Waals surface area contributed by atoms with Gasteiger partial charge in [0.25, 0.3) is 0 Å². The van der Waals surface area contributed by atoms with Gasteiger partial charge in [0.15, 0.2) is 7.05 Å². The molecule has 2 N–H and O–H groups in total. The number of nitrogens with zero attached hydrogens (tertiary/aromatic N) is 1. The normalized spacial score (nSPS) is 10.3. The van der Waals surface area contributed by atoms with E-state index >= 15 is 0 Å². The Bertz CT molecular complexity index is 737. The molecule has 0 aliphatic carbocycles. The molecular weight excluding hydrogens is 302 g/mol. The van der Waals surface area contributed by atoms with Crippen molar-refractivity contribution >= 4 is 23.2 Å². The molecule has 2 rings (SSSR count). The van der Waals surface area contributed by atoms with Crippen LogP contribution in [-0.4, -0.2) is 25.4 Å². The number of ether oxygens (including phenoxy) is 2. The lowest BCUT2D eigenvalue weighted by atomic mass is 10.2. The van der Waals surface area contributed by atoms with E-state index in [0.29, 0.717) is 22.2 Å². The van der Waals surface area contributed by atoms with Crippen LogP contribution in [0.2, 0.25) is 5.02 Å². The zero-order valence-electron chi connectivity index (χ0n) is 11.5. The van der Waals surface area contributed by atoms with Crippen molar-refractivity contribution in [2.24, 2.45) is 7.05 Å². The van der Waals surface area contributed by atoms with E-state index in [1.807, 2.05) is 0 Å². The third-order valence-electron chi connectivity index (χ3n) is 2.74. The summed E-state index contributed by atoms with van der Waals surface area (Å²) in [5, 5.41) is 5.08. The maximum Gasteiger partial charge on any atom is 0.440 e. The van der Waals surface area contributed by atoms with E-state index in [1.165, 1.54) is 33.4 Å². The number of hydrogen-bond donors (Lipinski definition) is 2. The number of aromatic nitrogens is 2. The van der Waals surface area contributed by atoms with E-state index in [-0.39, 0.29) is 5.69 Å². The predicted molar refractivity (Wildman–Crippen MR) is 73.0 cm³/mol. The molecule has 1 heterocycles. The molecule has 1 amide bonds. The minimum Gasteiger partial charge on any atom is -0.495 e. The number of halogens is 1. The number of hydrogen-bond acceptors (Lipinski definition) is 5. The summed E-state index contributed by atoms with van der Waals surface area (Å²) in [6, 6.07) is 2.99. The number of amides is 1. The standard InChI is InChI=1S/C12H12ClN3O5/c1-16-10(12(18)21-15-16)11(17)14-7-4-6(13)8(19-2)5-9(7)20-3/h4-5H,1-3H3,(H-,14,15,17,18)/p+1. The van der Waals surface area contributed by atoms with Crippen LogP contribution in [0.1, 0.15) is 10.5 Å². The van der Waals surface area contributed by atoms with Crippen LogP contribution in [0.15, 0.2) is 21.5 Å². The highest BCUT2D eigenvalue weighted by Gasteiger charge is 2.27. The van der Waals surface area contributed by atoms with Crippen molar-refractivity contribution in [3.63, 3.8) is 0 Å². The number of methoxy groups -OCH3 is 2. The smallest absolute Gasteiger partial charge is 0.440 e. The van der Waals surface area contributed by atoms with E-state index in [0.717, 1.165) is 4.68 Å². The zero-order valence-corrected chi connectivity index (χ0v) is 12.3. The Kier molecular flexibility index (Phi) is 4.18. The number of H-pyrrole nitrogens is 1. The summed E-state index contributed by atoms with van der Waals surface area (Å²) >= 11 is 6.01. The Morgan fingerprint density at radius 1 is 1.33 bits per heavy atom. The van der Waals surface area contributed by atoms with E-state index < -0.39 is 11.5 Å². The van der Waals surface area contributed by atoms with Gasteiger partial charge in [0.2, 0.25) is 0 Å². The molecule has 0 atom stereocenters. The molecule has 0 spiro atoms. The van der Waals surface area contributed by atoms with Crippen molar-refractivity contribution in [1.29, 1.82) is 0 Å². The minimum atomic E-state index is -0.784. The number of carbonyl (C=O) groups excluding carboxylic acids is 1. The van der Waals surface area contributed by atoms with Gasteiger partial charge in [-0.05, 0) is 11.3 Å². The first-order valence-electron chi connectivity index (χ1n) is 5.78. The highest BCUT2D eigenvalue weighted by molar-refractivity contribution is 6.32. The molecule has 0 aliphatic rings. The SMILES string of the molecule is COc1cc(OC)c(NC(=O)c2c(=O)o[nH][n+]2C)cc1Cl. The Morgan fingerprint density at radius 2 is 2.00 bits per heavy atom. The highest BCUT2D eigenvalue weighted by atomic mass is 35.5. The Balaban J connectivity index is 2.37. The number of rotatable bonds is 4. The summed E-state index contributed by atoms with van der Waals surface area (Å²) in [4.78, 5) is 23.5. The molecule has 0 saturated carbocycles. The van der Waals surface area contributed by atoms with Crippen LogP contribution in [0, 0.1) is 0 Å². The van der Waals surface area contributed by atoms with E-state index in [2.05, 4.69) is 15.1 Å². The molecule has 112 valence electrons. The Labute approximate surface area is 124 Å². The molecule has 8 nitrogen and oxygen atoms in total. The lowest BCUT2D eigenvalue weighted by Crippen LogP contribution is -2.41. The Hall–Kier alpha value is -2.48. The molecule has 21 heavy (non-hydrogen) atoms. The van der Waals surface area contributed by atoms with Crippen LogP contribution >= 0.6 is 11.6 Å². The summed E-state index contributed by atoms with van der Waals surface area (Å²) in [5.74, 6) is 0.0810. The third-order valence-corrected chi connectivity index (χ3v) is 3.04. The van der Waals surface area contributed by atoms with Gasteiger partial charge in [0.1, 0.15) is 11.5 Å². The van der Waals surface area contributed by atoms with Gasteiger partial charge in [-0.1, -0.05) is 16.3 Å². The molecule has 0 unspecified atom stereocenters. The van der Waals surface area contributed by atoms with Crippen LogP contribution in [0.4, 0.5) is 5.69 Å². The second-order valence-electron chi connectivity index (χ2n) is 4.03. The van der Waals surface area contributed by atoms with Gasteiger partial charge in [-0.2, -0.15) is 0 Å². The summed E-state index contributed by atoms with van der Waals surface area (Å²) < 4.78 is 15.9. The van der Waals surface area contributed by atoms with Gasteiger partial charge in [-0.3, -0.25) is 9.32 Å². The average molecular weight is 315 g/mol. The van der Waals surface area contributed by atoms with Gasteiger partial charge in [0.05, 0.1) is 24.9 Å². The largest absolute Gasteiger partial charge is 0.495 e. The number of benzene rings is 1. The first-order valence-corrected chi connectivity index (χ1v) is 6.16. The van der Waals surface area contributed by atoms with Crippen LogP contribution in [0.3, 0.4) is 0 Å². The van der Waals surface area contributed by atoms with Crippen molar-refractivity contribution in [1.82, 2.24) is 5.27 Å². The molecular formula is C12H13ClN3O5+. The van der Waals surface area contributed by atoms with Crippen molar-refractivity contribution < 1.29 is 23.5 Å². The van der Waals surface area contributed by atoms with Gasteiger partial charge < -0.3 is 14.8 Å². The first kappa shape index (κ1) is 14.9. The van der Waals surface area contributed by atoms with Crippen LogP contribution in [0.5, 0.6) is 11.5 Å². The summed E-state index contributed by atoms with van der Waals surface area (Å²) in [6.07, 6.45) is 0. The maximum absolute atomic E-state index is 12.1. The van der Waals surface area contributed by atoms with Gasteiger partial charge in [-0.15, -0.1) is 0 Å². The van der Waals surface area contributed by atoms with Crippen molar-refractivity contribution in [3.05, 3.63) is 33.3 Å². The molecule has 0 bridgehead atoms. The van der Waals surface area contributed by atoms with Crippen molar-refractivity contribution in [2.45, 2.75) is 0 Å².